The fourth-order valence-electron chi connectivity index (χ4n) is 2.75. The lowest BCUT2D eigenvalue weighted by atomic mass is 9.78. The van der Waals surface area contributed by atoms with Crippen molar-refractivity contribution in [1.29, 1.82) is 0 Å². The second kappa shape index (κ2) is 7.62. The molecule has 5 heteroatoms. The zero-order valence-electron chi connectivity index (χ0n) is 13.1. The van der Waals surface area contributed by atoms with Crippen LogP contribution in [0.2, 0.25) is 0 Å². The van der Waals surface area contributed by atoms with Gasteiger partial charge in [0.25, 0.3) is 0 Å². The van der Waals surface area contributed by atoms with Gasteiger partial charge in [0.05, 0.1) is 12.5 Å². The second-order valence-electron chi connectivity index (χ2n) is 6.18. The molecule has 0 radical (unpaired) electrons. The first-order valence-electron chi connectivity index (χ1n) is 7.55. The summed E-state index contributed by atoms with van der Waals surface area (Å²) in [5, 5.41) is 11.8. The molecule has 1 fully saturated rings. The van der Waals surface area contributed by atoms with Crippen LogP contribution in [0, 0.1) is 11.8 Å². The summed E-state index contributed by atoms with van der Waals surface area (Å²) in [7, 11) is 1.79. The molecule has 20 heavy (non-hydrogen) atoms. The molecular formula is C15H28N2O3. The van der Waals surface area contributed by atoms with Crippen molar-refractivity contribution in [3.63, 3.8) is 0 Å². The average Bonchev–Trinajstić information content (AvgIpc) is 2.40. The number of carboxylic acid groups (broad SMARTS) is 1. The third-order valence-electron chi connectivity index (χ3n) is 4.75. The van der Waals surface area contributed by atoms with E-state index < -0.39 is 5.97 Å². The summed E-state index contributed by atoms with van der Waals surface area (Å²) < 4.78 is 0. The van der Waals surface area contributed by atoms with Gasteiger partial charge in [-0.3, -0.25) is 14.5 Å². The van der Waals surface area contributed by atoms with E-state index in [0.29, 0.717) is 18.4 Å². The Morgan fingerprint density at radius 3 is 2.60 bits per heavy atom. The quantitative estimate of drug-likeness (QED) is 0.779. The number of hydrogen-bond donors (Lipinski definition) is 2. The highest BCUT2D eigenvalue weighted by Crippen LogP contribution is 2.29. The van der Waals surface area contributed by atoms with Crippen LogP contribution in [0.25, 0.3) is 0 Å². The Balaban J connectivity index is 2.46. The van der Waals surface area contributed by atoms with Crippen LogP contribution in [0.1, 0.15) is 46.5 Å². The lowest BCUT2D eigenvalue weighted by molar-refractivity contribution is -0.138. The molecule has 0 aromatic heterocycles. The molecule has 1 aliphatic carbocycles. The number of likely N-dealkylation sites (N-methyl/N-ethyl adjacent to an activating group) is 1. The standard InChI is InChI=1S/C15H28N2O3/c1-10-6-5-7-13(11(10)2)16-15(20)12(3)17(4)9-8-14(18)19/h10-13H,5-9H2,1-4H3,(H,16,20)(H,18,19). The zero-order chi connectivity index (χ0) is 15.3. The summed E-state index contributed by atoms with van der Waals surface area (Å²) in [5.74, 6) is 0.321. The minimum Gasteiger partial charge on any atom is -0.481 e. The number of carboxylic acids is 1. The maximum absolute atomic E-state index is 12.2. The van der Waals surface area contributed by atoms with Gasteiger partial charge >= 0.3 is 5.97 Å². The Bertz CT molecular complexity index is 346. The molecule has 0 bridgehead atoms. The number of aliphatic carboxylic acids is 1. The predicted octanol–water partition coefficient (Wildman–Crippen LogP) is 1.72. The van der Waals surface area contributed by atoms with Crippen LogP contribution in [0.5, 0.6) is 0 Å². The van der Waals surface area contributed by atoms with Crippen molar-refractivity contribution in [2.45, 2.75) is 58.5 Å². The van der Waals surface area contributed by atoms with Crippen LogP contribution >= 0.6 is 0 Å². The van der Waals surface area contributed by atoms with Gasteiger partial charge in [0.2, 0.25) is 5.91 Å². The van der Waals surface area contributed by atoms with Gasteiger partial charge in [-0.05, 0) is 32.2 Å². The SMILES string of the molecule is CC1CCCC(NC(=O)C(C)N(C)CCC(=O)O)C1C. The molecule has 116 valence electrons. The summed E-state index contributed by atoms with van der Waals surface area (Å²) in [6.45, 7) is 6.66. The Labute approximate surface area is 121 Å². The van der Waals surface area contributed by atoms with Crippen LogP contribution in [0.15, 0.2) is 0 Å². The van der Waals surface area contributed by atoms with Crippen LogP contribution in [0.4, 0.5) is 0 Å². The first-order chi connectivity index (χ1) is 9.32. The lowest BCUT2D eigenvalue weighted by Crippen LogP contribution is -2.50. The first kappa shape index (κ1) is 17.0. The number of carbonyl (C=O) groups excluding carboxylic acids is 1. The van der Waals surface area contributed by atoms with Crippen molar-refractivity contribution in [1.82, 2.24) is 10.2 Å². The van der Waals surface area contributed by atoms with Crippen molar-refractivity contribution < 1.29 is 14.7 Å². The normalized spacial score (nSPS) is 28.1. The number of amides is 1. The zero-order valence-corrected chi connectivity index (χ0v) is 13.1. The van der Waals surface area contributed by atoms with E-state index in [-0.39, 0.29) is 24.4 Å². The summed E-state index contributed by atoms with van der Waals surface area (Å²) in [6.07, 6.45) is 3.51. The maximum Gasteiger partial charge on any atom is 0.304 e. The van der Waals surface area contributed by atoms with E-state index in [9.17, 15) is 9.59 Å². The van der Waals surface area contributed by atoms with Gasteiger partial charge < -0.3 is 10.4 Å². The van der Waals surface area contributed by atoms with Crippen LogP contribution in [-0.4, -0.2) is 47.6 Å². The lowest BCUT2D eigenvalue weighted by Gasteiger charge is -2.36. The monoisotopic (exact) mass is 284 g/mol. The fourth-order valence-corrected chi connectivity index (χ4v) is 2.75. The molecule has 5 nitrogen and oxygen atoms in total. The molecular weight excluding hydrogens is 256 g/mol. The summed E-state index contributed by atoms with van der Waals surface area (Å²) in [6, 6.07) is -0.0413. The summed E-state index contributed by atoms with van der Waals surface area (Å²) >= 11 is 0. The van der Waals surface area contributed by atoms with Gasteiger partial charge in [-0.15, -0.1) is 0 Å². The van der Waals surface area contributed by atoms with E-state index in [0.717, 1.165) is 6.42 Å². The van der Waals surface area contributed by atoms with Gasteiger partial charge in [0, 0.05) is 12.6 Å². The molecule has 0 saturated heterocycles. The average molecular weight is 284 g/mol. The number of nitrogens with zero attached hydrogens (tertiary/aromatic N) is 1. The molecule has 0 aliphatic heterocycles. The molecule has 0 heterocycles. The smallest absolute Gasteiger partial charge is 0.304 e. The highest BCUT2D eigenvalue weighted by atomic mass is 16.4. The second-order valence-corrected chi connectivity index (χ2v) is 6.18. The van der Waals surface area contributed by atoms with Crippen LogP contribution in [0.3, 0.4) is 0 Å². The first-order valence-corrected chi connectivity index (χ1v) is 7.55. The van der Waals surface area contributed by atoms with E-state index >= 15 is 0 Å². The van der Waals surface area contributed by atoms with Crippen molar-refractivity contribution in [3.05, 3.63) is 0 Å². The molecule has 1 rings (SSSR count). The van der Waals surface area contributed by atoms with Crippen molar-refractivity contribution in [3.8, 4) is 0 Å². The van der Waals surface area contributed by atoms with Gasteiger partial charge in [-0.2, -0.15) is 0 Å². The molecule has 4 atom stereocenters. The highest BCUT2D eigenvalue weighted by Gasteiger charge is 2.30. The minimum absolute atomic E-state index is 0.00355. The number of nitrogens with one attached hydrogen (secondary N) is 1. The Morgan fingerprint density at radius 2 is 2.00 bits per heavy atom. The van der Waals surface area contributed by atoms with Crippen molar-refractivity contribution >= 4 is 11.9 Å². The molecule has 0 aromatic carbocycles. The van der Waals surface area contributed by atoms with Crippen LogP contribution in [-0.2, 0) is 9.59 Å². The van der Waals surface area contributed by atoms with E-state index in [1.165, 1.54) is 12.8 Å². The van der Waals surface area contributed by atoms with Crippen molar-refractivity contribution in [2.24, 2.45) is 11.8 Å². The minimum atomic E-state index is -0.834. The Morgan fingerprint density at radius 1 is 1.35 bits per heavy atom. The highest BCUT2D eigenvalue weighted by molar-refractivity contribution is 5.81. The maximum atomic E-state index is 12.2. The van der Waals surface area contributed by atoms with E-state index in [1.54, 1.807) is 11.9 Å². The largest absolute Gasteiger partial charge is 0.481 e. The Kier molecular flexibility index (Phi) is 6.46. The number of rotatable bonds is 6. The van der Waals surface area contributed by atoms with Gasteiger partial charge in [0.1, 0.15) is 0 Å². The van der Waals surface area contributed by atoms with Gasteiger partial charge in [-0.1, -0.05) is 26.7 Å². The third kappa shape index (κ3) is 4.78. The molecule has 1 saturated carbocycles. The van der Waals surface area contributed by atoms with E-state index in [2.05, 4.69) is 19.2 Å². The Hall–Kier alpha value is -1.10. The van der Waals surface area contributed by atoms with Gasteiger partial charge in [0.15, 0.2) is 0 Å². The molecule has 4 unspecified atom stereocenters. The summed E-state index contributed by atoms with van der Waals surface area (Å²) in [5.41, 5.74) is 0. The molecule has 2 N–H and O–H groups in total. The van der Waals surface area contributed by atoms with E-state index in [4.69, 9.17) is 5.11 Å². The van der Waals surface area contributed by atoms with E-state index in [1.807, 2.05) is 6.92 Å². The molecule has 1 amide bonds. The van der Waals surface area contributed by atoms with Gasteiger partial charge in [-0.25, -0.2) is 0 Å². The number of carbonyl (C=O) groups is 2. The fraction of sp³-hybridized carbons (Fsp3) is 0.867. The molecule has 1 aliphatic rings. The summed E-state index contributed by atoms with van der Waals surface area (Å²) in [4.78, 5) is 24.6. The third-order valence-corrected chi connectivity index (χ3v) is 4.75. The molecule has 0 aromatic rings. The van der Waals surface area contributed by atoms with Crippen molar-refractivity contribution in [2.75, 3.05) is 13.6 Å². The van der Waals surface area contributed by atoms with Crippen LogP contribution < -0.4 is 5.32 Å². The number of hydrogen-bond acceptors (Lipinski definition) is 3. The molecule has 0 spiro atoms. The predicted molar refractivity (Wildman–Crippen MR) is 78.5 cm³/mol. The topological polar surface area (TPSA) is 69.6 Å².